The van der Waals surface area contributed by atoms with Gasteiger partial charge in [-0.25, -0.2) is 0 Å². The second-order valence-corrected chi connectivity index (χ2v) is 11.2. The Labute approximate surface area is 211 Å². The smallest absolute Gasteiger partial charge is 0.417 e. The van der Waals surface area contributed by atoms with Crippen LogP contribution >= 0.6 is 15.9 Å². The molecule has 3 N–H and O–H groups in total. The Morgan fingerprint density at radius 3 is 2.49 bits per heavy atom. The van der Waals surface area contributed by atoms with E-state index in [0.717, 1.165) is 24.2 Å². The fourth-order valence-electron chi connectivity index (χ4n) is 5.12. The molecular formula is C26H31BrF3N3O2. The summed E-state index contributed by atoms with van der Waals surface area (Å²) >= 11 is 3.31. The number of aromatic amines is 1. The predicted octanol–water partition coefficient (Wildman–Crippen LogP) is 6.22. The maximum Gasteiger partial charge on any atom is 0.417 e. The summed E-state index contributed by atoms with van der Waals surface area (Å²) in [7, 11) is 0. The molecule has 4 rings (SSSR count). The van der Waals surface area contributed by atoms with E-state index in [1.165, 1.54) is 25.3 Å². The summed E-state index contributed by atoms with van der Waals surface area (Å²) in [5.74, 6) is -0.111. The van der Waals surface area contributed by atoms with Crippen molar-refractivity contribution in [2.24, 2.45) is 0 Å². The van der Waals surface area contributed by atoms with Crippen LogP contribution < -0.4 is 0 Å². The van der Waals surface area contributed by atoms with Crippen LogP contribution in [0.1, 0.15) is 56.5 Å². The van der Waals surface area contributed by atoms with Crippen LogP contribution in [-0.2, 0) is 18.4 Å². The van der Waals surface area contributed by atoms with Gasteiger partial charge in [0, 0.05) is 34.1 Å². The summed E-state index contributed by atoms with van der Waals surface area (Å²) in [4.78, 5) is 9.83. The molecule has 1 aliphatic heterocycles. The molecule has 0 amide bonds. The fraction of sp³-hybridized carbons (Fsp3) is 0.500. The van der Waals surface area contributed by atoms with Crippen molar-refractivity contribution in [2.75, 3.05) is 13.1 Å². The summed E-state index contributed by atoms with van der Waals surface area (Å²) in [5.41, 5.74) is -2.04. The van der Waals surface area contributed by atoms with Crippen molar-refractivity contribution >= 4 is 26.8 Å². The van der Waals surface area contributed by atoms with Crippen molar-refractivity contribution in [3.8, 4) is 5.75 Å². The number of nitrogens with one attached hydrogen (secondary N) is 1. The summed E-state index contributed by atoms with van der Waals surface area (Å²) in [6.45, 7) is 5.95. The van der Waals surface area contributed by atoms with Gasteiger partial charge in [-0.2, -0.15) is 13.2 Å². The van der Waals surface area contributed by atoms with Crippen LogP contribution in [0.2, 0.25) is 0 Å². The van der Waals surface area contributed by atoms with E-state index in [1.807, 2.05) is 6.07 Å². The number of hydrogen-bond donors (Lipinski definition) is 3. The molecule has 1 atom stereocenters. The second kappa shape index (κ2) is 9.75. The standard InChI is InChI=1S/C26H31BrF3N3O2/c1-24(2,21-12-18(27)6-7-23(21)34)16-25(35,26(28,29)30)13-19-10-17-11-20(31-14-22(17)32-19)15-33-8-4-3-5-9-33/h6-7,10-12,14,32,34-35H,3-5,8-9,13,15-16H2,1-2H3. The molecule has 190 valence electrons. The fourth-order valence-corrected chi connectivity index (χ4v) is 5.48. The Hall–Kier alpha value is -2.10. The van der Waals surface area contributed by atoms with Gasteiger partial charge in [0.15, 0.2) is 5.60 Å². The molecule has 1 aromatic carbocycles. The molecule has 3 aromatic rings. The van der Waals surface area contributed by atoms with Crippen molar-refractivity contribution < 1.29 is 23.4 Å². The topological polar surface area (TPSA) is 72.4 Å². The number of fused-ring (bicyclic) bond motifs is 1. The molecule has 1 unspecified atom stereocenters. The Morgan fingerprint density at radius 2 is 1.80 bits per heavy atom. The summed E-state index contributed by atoms with van der Waals surface area (Å²) in [6, 6.07) is 8.20. The third-order valence-corrected chi connectivity index (χ3v) is 7.38. The van der Waals surface area contributed by atoms with Crippen molar-refractivity contribution in [2.45, 2.75) is 69.7 Å². The lowest BCUT2D eigenvalue weighted by atomic mass is 9.73. The molecule has 1 saturated heterocycles. The van der Waals surface area contributed by atoms with E-state index in [4.69, 9.17) is 0 Å². The lowest BCUT2D eigenvalue weighted by molar-refractivity contribution is -0.266. The van der Waals surface area contributed by atoms with Crippen LogP contribution in [-0.4, -0.2) is 49.9 Å². The number of aromatic hydroxyl groups is 1. The van der Waals surface area contributed by atoms with Gasteiger partial charge in [0.05, 0.1) is 17.4 Å². The summed E-state index contributed by atoms with van der Waals surface area (Å²) < 4.78 is 43.4. The Kier molecular flexibility index (Phi) is 7.23. The Balaban J connectivity index is 1.59. The molecule has 0 saturated carbocycles. The van der Waals surface area contributed by atoms with E-state index in [0.29, 0.717) is 22.1 Å². The van der Waals surface area contributed by atoms with Gasteiger partial charge in [-0.3, -0.25) is 9.88 Å². The molecule has 0 spiro atoms. The first-order chi connectivity index (χ1) is 16.4. The Bertz CT molecular complexity index is 1190. The minimum absolute atomic E-state index is 0.111. The number of halogens is 4. The Morgan fingerprint density at radius 1 is 1.09 bits per heavy atom. The number of hydrogen-bond acceptors (Lipinski definition) is 4. The number of rotatable bonds is 7. The minimum Gasteiger partial charge on any atom is -0.508 e. The zero-order valence-electron chi connectivity index (χ0n) is 19.9. The first kappa shape index (κ1) is 26.0. The SMILES string of the molecule is CC(C)(CC(O)(Cc1cc2cc(CN3CCCCC3)ncc2[nH]1)C(F)(F)F)c1cc(Br)ccc1O. The van der Waals surface area contributed by atoms with Crippen molar-refractivity contribution in [1.29, 1.82) is 0 Å². The number of benzene rings is 1. The van der Waals surface area contributed by atoms with Crippen LogP contribution in [0.4, 0.5) is 13.2 Å². The normalized spacial score (nSPS) is 17.6. The number of phenols is 1. The summed E-state index contributed by atoms with van der Waals surface area (Å²) in [5, 5.41) is 22.1. The molecule has 9 heteroatoms. The lowest BCUT2D eigenvalue weighted by Crippen LogP contribution is -2.50. The lowest BCUT2D eigenvalue weighted by Gasteiger charge is -2.38. The number of phenolic OH excluding ortho intramolecular Hbond substituents is 1. The van der Waals surface area contributed by atoms with Gasteiger partial charge in [0.1, 0.15) is 5.75 Å². The zero-order valence-corrected chi connectivity index (χ0v) is 21.5. The first-order valence-corrected chi connectivity index (χ1v) is 12.6. The number of piperidine rings is 1. The van der Waals surface area contributed by atoms with Gasteiger partial charge in [0.2, 0.25) is 0 Å². The van der Waals surface area contributed by atoms with Gasteiger partial charge in [-0.1, -0.05) is 36.2 Å². The van der Waals surface area contributed by atoms with Crippen molar-refractivity contribution in [1.82, 2.24) is 14.9 Å². The molecule has 3 heterocycles. The zero-order chi connectivity index (χ0) is 25.4. The molecule has 0 aliphatic carbocycles. The van der Waals surface area contributed by atoms with Crippen molar-refractivity contribution in [3.63, 3.8) is 0 Å². The van der Waals surface area contributed by atoms with Gasteiger partial charge in [0.25, 0.3) is 0 Å². The van der Waals surface area contributed by atoms with Crippen molar-refractivity contribution in [3.05, 3.63) is 58.0 Å². The average molecular weight is 554 g/mol. The number of nitrogens with zero attached hydrogens (tertiary/aromatic N) is 2. The van der Waals surface area contributed by atoms with E-state index in [2.05, 4.69) is 30.8 Å². The largest absolute Gasteiger partial charge is 0.508 e. The molecule has 35 heavy (non-hydrogen) atoms. The second-order valence-electron chi connectivity index (χ2n) is 10.3. The van der Waals surface area contributed by atoms with Crippen LogP contribution in [0, 0.1) is 0 Å². The van der Waals surface area contributed by atoms with Crippen LogP contribution in [0.25, 0.3) is 10.9 Å². The number of alkyl halides is 3. The van der Waals surface area contributed by atoms with E-state index in [1.54, 1.807) is 38.2 Å². The van der Waals surface area contributed by atoms with Crippen LogP contribution in [0.15, 0.2) is 41.0 Å². The molecule has 0 radical (unpaired) electrons. The highest BCUT2D eigenvalue weighted by atomic mass is 79.9. The first-order valence-electron chi connectivity index (χ1n) is 11.8. The number of aromatic nitrogens is 2. The van der Waals surface area contributed by atoms with E-state index in [9.17, 15) is 23.4 Å². The predicted molar refractivity (Wildman–Crippen MR) is 133 cm³/mol. The van der Waals surface area contributed by atoms with Gasteiger partial charge in [-0.15, -0.1) is 0 Å². The van der Waals surface area contributed by atoms with Crippen LogP contribution in [0.5, 0.6) is 5.75 Å². The maximum absolute atomic E-state index is 14.2. The molecular weight excluding hydrogens is 523 g/mol. The molecule has 5 nitrogen and oxygen atoms in total. The quantitative estimate of drug-likeness (QED) is 0.324. The molecule has 0 bridgehead atoms. The number of pyridine rings is 1. The maximum atomic E-state index is 14.2. The van der Waals surface area contributed by atoms with Gasteiger partial charge >= 0.3 is 6.18 Å². The highest BCUT2D eigenvalue weighted by molar-refractivity contribution is 9.10. The third-order valence-electron chi connectivity index (χ3n) is 6.88. The average Bonchev–Trinajstić information content (AvgIpc) is 3.16. The highest BCUT2D eigenvalue weighted by Gasteiger charge is 2.56. The number of likely N-dealkylation sites (tertiary alicyclic amines) is 1. The van der Waals surface area contributed by atoms with E-state index < -0.39 is 30.0 Å². The van der Waals surface area contributed by atoms with E-state index in [-0.39, 0.29) is 11.4 Å². The van der Waals surface area contributed by atoms with Gasteiger partial charge in [-0.05, 0) is 68.1 Å². The monoisotopic (exact) mass is 553 g/mol. The third kappa shape index (κ3) is 5.84. The molecule has 1 fully saturated rings. The molecule has 1 aliphatic rings. The van der Waals surface area contributed by atoms with E-state index >= 15 is 0 Å². The number of H-pyrrole nitrogens is 1. The van der Waals surface area contributed by atoms with Crippen LogP contribution in [0.3, 0.4) is 0 Å². The number of aliphatic hydroxyl groups is 1. The minimum atomic E-state index is -4.87. The summed E-state index contributed by atoms with van der Waals surface area (Å²) in [6.07, 6.45) is -0.910. The molecule has 2 aromatic heterocycles. The van der Waals surface area contributed by atoms with Gasteiger partial charge < -0.3 is 15.2 Å². The highest BCUT2D eigenvalue weighted by Crippen LogP contribution is 2.45.